The monoisotopic (exact) mass is 412 g/mol. The lowest BCUT2D eigenvalue weighted by molar-refractivity contribution is 0.0974. The van der Waals surface area contributed by atoms with Gasteiger partial charge in [-0.3, -0.25) is 10.1 Å². The van der Waals surface area contributed by atoms with Gasteiger partial charge >= 0.3 is 0 Å². The Morgan fingerprint density at radius 3 is 2.71 bits per heavy atom. The molecule has 1 aliphatic rings. The number of carbonyl (C=O) groups is 1. The van der Waals surface area contributed by atoms with Crippen molar-refractivity contribution in [2.24, 2.45) is 0 Å². The Balaban J connectivity index is 1.86. The quantitative estimate of drug-likeness (QED) is 0.527. The number of ether oxygens (including phenoxy) is 1. The summed E-state index contributed by atoms with van der Waals surface area (Å²) in [6.07, 6.45) is 6.94. The lowest BCUT2D eigenvalue weighted by Crippen LogP contribution is -2.41. The number of nitrogens with zero attached hydrogens (tertiary/aromatic N) is 1. The van der Waals surface area contributed by atoms with E-state index in [0.717, 1.165) is 42.6 Å². The number of rotatable bonds is 7. The molecule has 1 saturated heterocycles. The molecule has 1 fully saturated rings. The molecule has 1 N–H and O–H groups in total. The molecule has 0 radical (unpaired) electrons. The number of hydrogen-bond acceptors (Lipinski definition) is 3. The topological polar surface area (TPSA) is 41.6 Å². The van der Waals surface area contributed by atoms with Gasteiger partial charge in [0.2, 0.25) is 0 Å². The van der Waals surface area contributed by atoms with Gasteiger partial charge in [-0.1, -0.05) is 26.2 Å². The van der Waals surface area contributed by atoms with Crippen LogP contribution in [0, 0.1) is 0 Å². The summed E-state index contributed by atoms with van der Waals surface area (Å²) < 4.78 is 6.56. The van der Waals surface area contributed by atoms with Gasteiger partial charge in [0.1, 0.15) is 5.75 Å². The second-order valence-corrected chi connectivity index (χ2v) is 7.25. The minimum absolute atomic E-state index is 0.179. The third kappa shape index (κ3) is 5.74. The lowest BCUT2D eigenvalue weighted by atomic mass is 10.2. The Morgan fingerprint density at radius 1 is 1.29 bits per heavy atom. The fourth-order valence-electron chi connectivity index (χ4n) is 2.64. The molecular formula is C18H25BrN2O2S. The lowest BCUT2D eigenvalue weighted by Gasteiger charge is -2.18. The first-order valence-corrected chi connectivity index (χ1v) is 9.84. The number of hydrogen-bond donors (Lipinski definition) is 1. The van der Waals surface area contributed by atoms with E-state index in [9.17, 15) is 4.79 Å². The van der Waals surface area contributed by atoms with Crippen molar-refractivity contribution in [2.45, 2.75) is 45.4 Å². The van der Waals surface area contributed by atoms with Crippen LogP contribution in [0.4, 0.5) is 0 Å². The highest BCUT2D eigenvalue weighted by Crippen LogP contribution is 2.26. The Labute approximate surface area is 158 Å². The van der Waals surface area contributed by atoms with E-state index in [2.05, 4.69) is 28.2 Å². The fourth-order valence-corrected chi connectivity index (χ4v) is 3.41. The van der Waals surface area contributed by atoms with Gasteiger partial charge in [-0.25, -0.2) is 0 Å². The van der Waals surface area contributed by atoms with Crippen molar-refractivity contribution in [1.82, 2.24) is 10.2 Å². The Morgan fingerprint density at radius 2 is 2.04 bits per heavy atom. The SMILES string of the molecule is CCCCCCOc1ccc(C(=O)NC(=S)N2CCCC2)cc1Br. The van der Waals surface area contributed by atoms with Crippen LogP contribution in [0.1, 0.15) is 55.8 Å². The number of carbonyl (C=O) groups excluding carboxylic acids is 1. The van der Waals surface area contributed by atoms with E-state index < -0.39 is 0 Å². The number of unbranched alkanes of at least 4 members (excludes halogenated alkanes) is 3. The van der Waals surface area contributed by atoms with Gasteiger partial charge in [-0.2, -0.15) is 0 Å². The van der Waals surface area contributed by atoms with Crippen molar-refractivity contribution in [3.63, 3.8) is 0 Å². The summed E-state index contributed by atoms with van der Waals surface area (Å²) in [6.45, 7) is 4.74. The Bertz CT molecular complexity index is 574. The van der Waals surface area contributed by atoms with Gasteiger partial charge in [0.25, 0.3) is 5.91 Å². The first-order valence-electron chi connectivity index (χ1n) is 8.64. The summed E-state index contributed by atoms with van der Waals surface area (Å²) in [5, 5.41) is 3.33. The Kier molecular flexibility index (Phi) is 7.99. The predicted octanol–water partition coefficient (Wildman–Crippen LogP) is 4.52. The van der Waals surface area contributed by atoms with E-state index in [1.54, 1.807) is 12.1 Å². The molecule has 4 nitrogen and oxygen atoms in total. The van der Waals surface area contributed by atoms with E-state index in [-0.39, 0.29) is 5.91 Å². The van der Waals surface area contributed by atoms with Crippen LogP contribution in [0.2, 0.25) is 0 Å². The molecule has 0 saturated carbocycles. The number of halogens is 1. The van der Waals surface area contributed by atoms with Crippen molar-refractivity contribution in [3.05, 3.63) is 28.2 Å². The number of thiocarbonyl (C=S) groups is 1. The zero-order valence-electron chi connectivity index (χ0n) is 14.1. The van der Waals surface area contributed by atoms with E-state index in [0.29, 0.717) is 17.3 Å². The molecule has 1 aromatic carbocycles. The van der Waals surface area contributed by atoms with E-state index in [1.807, 2.05) is 11.0 Å². The van der Waals surface area contributed by atoms with E-state index in [1.165, 1.54) is 19.3 Å². The van der Waals surface area contributed by atoms with Crippen molar-refractivity contribution < 1.29 is 9.53 Å². The van der Waals surface area contributed by atoms with Crippen molar-refractivity contribution in [2.75, 3.05) is 19.7 Å². The summed E-state index contributed by atoms with van der Waals surface area (Å²) in [4.78, 5) is 14.4. The smallest absolute Gasteiger partial charge is 0.257 e. The highest BCUT2D eigenvalue weighted by molar-refractivity contribution is 9.10. The van der Waals surface area contributed by atoms with Crippen LogP contribution in [0.25, 0.3) is 0 Å². The number of amides is 1. The van der Waals surface area contributed by atoms with E-state index in [4.69, 9.17) is 17.0 Å². The highest BCUT2D eigenvalue weighted by Gasteiger charge is 2.17. The molecule has 0 bridgehead atoms. The normalized spacial score (nSPS) is 13.8. The second-order valence-electron chi connectivity index (χ2n) is 6.01. The standard InChI is InChI=1S/C18H25BrN2O2S/c1-2-3-4-7-12-23-16-9-8-14(13-15(16)19)17(22)20-18(24)21-10-5-6-11-21/h8-9,13H,2-7,10-12H2,1H3,(H,20,22,24). The molecule has 0 aromatic heterocycles. The molecule has 1 aromatic rings. The summed E-state index contributed by atoms with van der Waals surface area (Å²) in [5.41, 5.74) is 0.571. The predicted molar refractivity (Wildman–Crippen MR) is 105 cm³/mol. The molecule has 1 amide bonds. The van der Waals surface area contributed by atoms with Crippen LogP contribution in [0.5, 0.6) is 5.75 Å². The summed E-state index contributed by atoms with van der Waals surface area (Å²) in [7, 11) is 0. The maximum absolute atomic E-state index is 12.3. The van der Waals surface area contributed by atoms with Crippen molar-refractivity contribution in [3.8, 4) is 5.75 Å². The van der Waals surface area contributed by atoms with E-state index >= 15 is 0 Å². The molecule has 6 heteroatoms. The number of nitrogens with one attached hydrogen (secondary N) is 1. The van der Waals surface area contributed by atoms with Crippen molar-refractivity contribution in [1.29, 1.82) is 0 Å². The van der Waals surface area contributed by atoms with Gasteiger partial charge in [-0.15, -0.1) is 0 Å². The van der Waals surface area contributed by atoms with Crippen molar-refractivity contribution >= 4 is 39.2 Å². The van der Waals surface area contributed by atoms with Crippen LogP contribution in [0.15, 0.2) is 22.7 Å². The van der Waals surface area contributed by atoms with Gasteiger partial charge in [-0.05, 0) is 65.6 Å². The second kappa shape index (κ2) is 9.99. The largest absolute Gasteiger partial charge is 0.492 e. The molecule has 0 unspecified atom stereocenters. The molecule has 0 atom stereocenters. The first kappa shape index (κ1) is 19.2. The highest BCUT2D eigenvalue weighted by atomic mass is 79.9. The maximum atomic E-state index is 12.3. The molecule has 24 heavy (non-hydrogen) atoms. The molecule has 1 heterocycles. The molecule has 1 aliphatic heterocycles. The van der Waals surface area contributed by atoms with Crippen LogP contribution >= 0.6 is 28.1 Å². The summed E-state index contributed by atoms with van der Waals surface area (Å²) >= 11 is 8.78. The van der Waals surface area contributed by atoms with Gasteiger partial charge in [0.15, 0.2) is 5.11 Å². The minimum Gasteiger partial charge on any atom is -0.492 e. The van der Waals surface area contributed by atoms with Gasteiger partial charge in [0, 0.05) is 18.7 Å². The van der Waals surface area contributed by atoms with Crippen LogP contribution < -0.4 is 10.1 Å². The molecule has 0 spiro atoms. The average Bonchev–Trinajstić information content (AvgIpc) is 3.10. The molecule has 132 valence electrons. The molecule has 0 aliphatic carbocycles. The first-order chi connectivity index (χ1) is 11.6. The van der Waals surface area contributed by atoms with Gasteiger partial charge < -0.3 is 9.64 Å². The fraction of sp³-hybridized carbons (Fsp3) is 0.556. The number of benzene rings is 1. The third-order valence-electron chi connectivity index (χ3n) is 4.06. The molecule has 2 rings (SSSR count). The third-order valence-corrected chi connectivity index (χ3v) is 5.04. The summed E-state index contributed by atoms with van der Waals surface area (Å²) in [6, 6.07) is 5.38. The van der Waals surface area contributed by atoms with Gasteiger partial charge in [0.05, 0.1) is 11.1 Å². The average molecular weight is 413 g/mol. The zero-order valence-corrected chi connectivity index (χ0v) is 16.5. The Hall–Kier alpha value is -1.14. The zero-order chi connectivity index (χ0) is 17.4. The maximum Gasteiger partial charge on any atom is 0.257 e. The van der Waals surface area contributed by atoms with Crippen LogP contribution in [-0.2, 0) is 0 Å². The van der Waals surface area contributed by atoms with Crippen LogP contribution in [-0.4, -0.2) is 35.6 Å². The molecular weight excluding hydrogens is 388 g/mol. The van der Waals surface area contributed by atoms with Crippen LogP contribution in [0.3, 0.4) is 0 Å². The summed E-state index contributed by atoms with van der Waals surface area (Å²) in [5.74, 6) is 0.590. The minimum atomic E-state index is -0.179. The number of likely N-dealkylation sites (tertiary alicyclic amines) is 1.